The third kappa shape index (κ3) is 2.94. The number of amides is 1. The van der Waals surface area contributed by atoms with Gasteiger partial charge in [0.25, 0.3) is 5.91 Å². The predicted molar refractivity (Wildman–Crippen MR) is 78.7 cm³/mol. The molecule has 0 bridgehead atoms. The molecule has 1 aromatic rings. The number of anilines is 1. The van der Waals surface area contributed by atoms with Crippen LogP contribution in [0.4, 0.5) is 5.82 Å². The van der Waals surface area contributed by atoms with E-state index in [2.05, 4.69) is 32.4 Å². The van der Waals surface area contributed by atoms with Gasteiger partial charge in [-0.25, -0.2) is 4.98 Å². The second-order valence-electron chi connectivity index (χ2n) is 4.81. The van der Waals surface area contributed by atoms with Crippen molar-refractivity contribution in [2.75, 3.05) is 39.0 Å². The van der Waals surface area contributed by atoms with Crippen molar-refractivity contribution >= 4 is 11.7 Å². The minimum absolute atomic E-state index is 0.211. The molecule has 1 amide bonds. The molecule has 1 saturated heterocycles. The maximum atomic E-state index is 11.8. The maximum absolute atomic E-state index is 11.8. The van der Waals surface area contributed by atoms with E-state index in [1.807, 2.05) is 11.6 Å². The number of carbonyl (C=O) groups is 1. The Labute approximate surface area is 119 Å². The first-order chi connectivity index (χ1) is 9.67. The van der Waals surface area contributed by atoms with Gasteiger partial charge >= 0.3 is 0 Å². The molecule has 2 N–H and O–H groups in total. The molecule has 6 nitrogen and oxygen atoms in total. The number of likely N-dealkylation sites (tertiary alicyclic amines) is 1. The number of carbonyl (C=O) groups excluding carboxylic acids is 1. The van der Waals surface area contributed by atoms with Gasteiger partial charge < -0.3 is 15.2 Å². The van der Waals surface area contributed by atoms with Gasteiger partial charge in [0.2, 0.25) is 0 Å². The van der Waals surface area contributed by atoms with E-state index in [4.69, 9.17) is 0 Å². The van der Waals surface area contributed by atoms with Crippen LogP contribution in [-0.4, -0.2) is 54.1 Å². The number of nitrogens with zero attached hydrogens (tertiary/aromatic N) is 3. The van der Waals surface area contributed by atoms with Crippen molar-refractivity contribution < 1.29 is 4.79 Å². The second kappa shape index (κ2) is 6.44. The second-order valence-corrected chi connectivity index (χ2v) is 4.81. The van der Waals surface area contributed by atoms with Gasteiger partial charge in [0, 0.05) is 21.1 Å². The molecule has 1 aromatic heterocycles. The molecule has 1 fully saturated rings. The number of aromatic nitrogens is 2. The van der Waals surface area contributed by atoms with Crippen molar-refractivity contribution in [2.45, 2.75) is 12.8 Å². The molecule has 0 spiro atoms. The van der Waals surface area contributed by atoms with Crippen LogP contribution in [0.5, 0.6) is 0 Å². The fraction of sp³-hybridized carbons (Fsp3) is 0.571. The van der Waals surface area contributed by atoms with Crippen molar-refractivity contribution in [3.05, 3.63) is 11.5 Å². The fourth-order valence-electron chi connectivity index (χ4n) is 2.34. The highest BCUT2D eigenvalue weighted by atomic mass is 16.1. The largest absolute Gasteiger partial charge is 0.373 e. The van der Waals surface area contributed by atoms with Crippen LogP contribution in [0.1, 0.15) is 29.2 Å². The summed E-state index contributed by atoms with van der Waals surface area (Å²) in [5.41, 5.74) is 0.378. The smallest absolute Gasteiger partial charge is 0.273 e. The highest BCUT2D eigenvalue weighted by Gasteiger charge is 2.18. The first-order valence-corrected chi connectivity index (χ1v) is 6.85. The van der Waals surface area contributed by atoms with Gasteiger partial charge in [-0.2, -0.15) is 0 Å². The molecule has 2 rings (SSSR count). The molecule has 0 radical (unpaired) electrons. The lowest BCUT2D eigenvalue weighted by Crippen LogP contribution is -2.19. The minimum atomic E-state index is -0.211. The van der Waals surface area contributed by atoms with E-state index in [0.717, 1.165) is 19.6 Å². The predicted octanol–water partition coefficient (Wildman–Crippen LogP) is 0.269. The Kier molecular flexibility index (Phi) is 4.64. The first kappa shape index (κ1) is 14.4. The topological polar surface area (TPSA) is 62.2 Å². The molecule has 1 aliphatic heterocycles. The van der Waals surface area contributed by atoms with Gasteiger partial charge in [0.15, 0.2) is 11.5 Å². The molecule has 0 aliphatic carbocycles. The van der Waals surface area contributed by atoms with Crippen molar-refractivity contribution in [3.63, 3.8) is 0 Å². The van der Waals surface area contributed by atoms with Crippen LogP contribution in [0.15, 0.2) is 0 Å². The molecule has 6 heteroatoms. The Morgan fingerprint density at radius 3 is 2.65 bits per heavy atom. The summed E-state index contributed by atoms with van der Waals surface area (Å²) in [5.74, 6) is 7.26. The number of hydrogen-bond donors (Lipinski definition) is 2. The summed E-state index contributed by atoms with van der Waals surface area (Å²) in [7, 11) is 5.21. The third-order valence-corrected chi connectivity index (χ3v) is 3.48. The lowest BCUT2D eigenvalue weighted by atomic mass is 10.4. The first-order valence-electron chi connectivity index (χ1n) is 6.85. The molecular weight excluding hydrogens is 254 g/mol. The minimum Gasteiger partial charge on any atom is -0.373 e. The maximum Gasteiger partial charge on any atom is 0.273 e. The zero-order valence-electron chi connectivity index (χ0n) is 12.3. The molecule has 0 saturated carbocycles. The van der Waals surface area contributed by atoms with E-state index in [9.17, 15) is 4.79 Å². The van der Waals surface area contributed by atoms with Gasteiger partial charge in [0.1, 0.15) is 5.82 Å². The molecule has 1 aliphatic rings. The molecule has 108 valence electrons. The van der Waals surface area contributed by atoms with Crippen molar-refractivity contribution in [3.8, 4) is 11.8 Å². The summed E-state index contributed by atoms with van der Waals surface area (Å²) in [6.07, 6.45) is 2.52. The number of nitrogens with one attached hydrogen (secondary N) is 2. The van der Waals surface area contributed by atoms with Crippen LogP contribution in [0, 0.1) is 11.8 Å². The van der Waals surface area contributed by atoms with Crippen LogP contribution in [-0.2, 0) is 7.05 Å². The molecule has 20 heavy (non-hydrogen) atoms. The van der Waals surface area contributed by atoms with E-state index >= 15 is 0 Å². The highest BCUT2D eigenvalue weighted by Crippen LogP contribution is 2.15. The Hall–Kier alpha value is -2.00. The summed E-state index contributed by atoms with van der Waals surface area (Å²) < 4.78 is 1.81. The van der Waals surface area contributed by atoms with Crippen molar-refractivity contribution in [1.82, 2.24) is 19.8 Å². The van der Waals surface area contributed by atoms with E-state index in [0.29, 0.717) is 17.3 Å². The molecule has 2 heterocycles. The van der Waals surface area contributed by atoms with Crippen LogP contribution < -0.4 is 10.6 Å². The normalized spacial score (nSPS) is 14.8. The standard InChI is InChI=1S/C14H21N5O/c1-15-13-12(14(20)16-2)17-11(18(13)3)7-6-10-19-8-4-5-9-19/h15H,4-5,8-10H2,1-3H3,(H,16,20). The van der Waals surface area contributed by atoms with Crippen molar-refractivity contribution in [1.29, 1.82) is 0 Å². The highest BCUT2D eigenvalue weighted by molar-refractivity contribution is 5.97. The molecule has 0 aromatic carbocycles. The summed E-state index contributed by atoms with van der Waals surface area (Å²) in [6, 6.07) is 0. The SMILES string of the molecule is CNC(=O)c1nc(C#CCN2CCCC2)n(C)c1NC. The van der Waals surface area contributed by atoms with Crippen LogP contribution in [0.25, 0.3) is 0 Å². The van der Waals surface area contributed by atoms with Gasteiger partial charge in [-0.3, -0.25) is 9.69 Å². The number of hydrogen-bond acceptors (Lipinski definition) is 4. The van der Waals surface area contributed by atoms with Gasteiger partial charge in [-0.05, 0) is 31.9 Å². The lowest BCUT2D eigenvalue weighted by molar-refractivity contribution is 0.0959. The summed E-state index contributed by atoms with van der Waals surface area (Å²) >= 11 is 0. The van der Waals surface area contributed by atoms with Crippen LogP contribution in [0.2, 0.25) is 0 Å². The summed E-state index contributed by atoms with van der Waals surface area (Å²) in [5, 5.41) is 5.58. The molecular formula is C14H21N5O. The van der Waals surface area contributed by atoms with E-state index in [1.165, 1.54) is 12.8 Å². The third-order valence-electron chi connectivity index (χ3n) is 3.48. The summed E-state index contributed by atoms with van der Waals surface area (Å²) in [4.78, 5) is 18.4. The monoisotopic (exact) mass is 275 g/mol. The van der Waals surface area contributed by atoms with Gasteiger partial charge in [-0.1, -0.05) is 5.92 Å². The Bertz CT molecular complexity index is 546. The van der Waals surface area contributed by atoms with Gasteiger partial charge in [-0.15, -0.1) is 0 Å². The van der Waals surface area contributed by atoms with Crippen molar-refractivity contribution in [2.24, 2.45) is 7.05 Å². The van der Waals surface area contributed by atoms with Gasteiger partial charge in [0.05, 0.1) is 6.54 Å². The molecule has 0 unspecified atom stereocenters. The summed E-state index contributed by atoms with van der Waals surface area (Å²) in [6.45, 7) is 3.01. The number of imidazole rings is 1. The van der Waals surface area contributed by atoms with Crippen LogP contribution >= 0.6 is 0 Å². The zero-order chi connectivity index (χ0) is 14.5. The lowest BCUT2D eigenvalue weighted by Gasteiger charge is -2.08. The van der Waals surface area contributed by atoms with E-state index in [-0.39, 0.29) is 5.91 Å². The quantitative estimate of drug-likeness (QED) is 0.777. The molecule has 0 atom stereocenters. The average molecular weight is 275 g/mol. The Morgan fingerprint density at radius 1 is 1.35 bits per heavy atom. The number of rotatable bonds is 3. The van der Waals surface area contributed by atoms with E-state index in [1.54, 1.807) is 14.1 Å². The van der Waals surface area contributed by atoms with E-state index < -0.39 is 0 Å². The zero-order valence-corrected chi connectivity index (χ0v) is 12.3. The Balaban J connectivity index is 2.17. The Morgan fingerprint density at radius 2 is 2.05 bits per heavy atom. The van der Waals surface area contributed by atoms with Crippen LogP contribution in [0.3, 0.4) is 0 Å². The fourth-order valence-corrected chi connectivity index (χ4v) is 2.34. The average Bonchev–Trinajstić information content (AvgIpc) is 3.07.